The van der Waals surface area contributed by atoms with Gasteiger partial charge in [0.25, 0.3) is 0 Å². The second-order valence-electron chi connectivity index (χ2n) is 7.65. The van der Waals surface area contributed by atoms with Crippen LogP contribution >= 0.6 is 0 Å². The summed E-state index contributed by atoms with van der Waals surface area (Å²) in [4.78, 5) is 29.4. The zero-order chi connectivity index (χ0) is 18.0. The van der Waals surface area contributed by atoms with E-state index in [1.54, 1.807) is 0 Å². The van der Waals surface area contributed by atoms with Crippen LogP contribution in [-0.2, 0) is 22.7 Å². The summed E-state index contributed by atoms with van der Waals surface area (Å²) < 4.78 is 0. The Balaban J connectivity index is 1.51. The maximum atomic E-state index is 12.9. The van der Waals surface area contributed by atoms with Crippen LogP contribution in [-0.4, -0.2) is 48.0 Å². The first kappa shape index (κ1) is 17.1. The number of piperidine rings is 2. The van der Waals surface area contributed by atoms with Crippen molar-refractivity contribution >= 4 is 12.1 Å². The molecule has 0 unspecified atom stereocenters. The van der Waals surface area contributed by atoms with Crippen molar-refractivity contribution in [3.05, 3.63) is 71.8 Å². The summed E-state index contributed by atoms with van der Waals surface area (Å²) in [5, 5.41) is 0. The van der Waals surface area contributed by atoms with Crippen molar-refractivity contribution in [2.75, 3.05) is 26.2 Å². The first-order valence-electron chi connectivity index (χ1n) is 9.22. The van der Waals surface area contributed by atoms with Crippen LogP contribution < -0.4 is 0 Å². The number of rotatable bonds is 5. The number of aldehydes is 1. The summed E-state index contributed by atoms with van der Waals surface area (Å²) in [5.74, 6) is 0.0521. The van der Waals surface area contributed by atoms with E-state index in [-0.39, 0.29) is 11.7 Å². The van der Waals surface area contributed by atoms with Crippen LogP contribution in [0.1, 0.15) is 11.1 Å². The van der Waals surface area contributed by atoms with Crippen molar-refractivity contribution in [2.24, 2.45) is 11.3 Å². The lowest BCUT2D eigenvalue weighted by atomic mass is 9.71. The van der Waals surface area contributed by atoms with E-state index in [1.165, 1.54) is 11.1 Å². The third-order valence-electron chi connectivity index (χ3n) is 5.55. The first-order chi connectivity index (χ1) is 12.7. The summed E-state index contributed by atoms with van der Waals surface area (Å²) in [6.45, 7) is 4.08. The molecular formula is C22H24N2O2. The minimum Gasteiger partial charge on any atom is -0.302 e. The normalized spacial score (nSPS) is 26.6. The summed E-state index contributed by atoms with van der Waals surface area (Å²) in [7, 11) is 0. The highest BCUT2D eigenvalue weighted by molar-refractivity contribution is 6.01. The van der Waals surface area contributed by atoms with Gasteiger partial charge in [-0.25, -0.2) is 0 Å². The fourth-order valence-electron chi connectivity index (χ4n) is 4.44. The Morgan fingerprint density at radius 3 is 1.73 bits per heavy atom. The fraction of sp³-hybridized carbons (Fsp3) is 0.364. The molecule has 0 saturated carbocycles. The van der Waals surface area contributed by atoms with Crippen molar-refractivity contribution in [3.8, 4) is 0 Å². The van der Waals surface area contributed by atoms with Gasteiger partial charge in [0.1, 0.15) is 11.7 Å². The maximum Gasteiger partial charge on any atom is 0.154 e. The highest BCUT2D eigenvalue weighted by Gasteiger charge is 2.52. The molecule has 2 aromatic rings. The lowest BCUT2D eigenvalue weighted by molar-refractivity contribution is -0.152. The molecule has 0 atom stereocenters. The number of benzene rings is 2. The Bertz CT molecular complexity index is 722. The third kappa shape index (κ3) is 3.35. The molecule has 2 fully saturated rings. The number of fused-ring (bicyclic) bond motifs is 2. The van der Waals surface area contributed by atoms with Crippen LogP contribution in [0.25, 0.3) is 0 Å². The summed E-state index contributed by atoms with van der Waals surface area (Å²) in [6.07, 6.45) is 0.913. The number of likely N-dealkylation sites (tertiary alicyclic amines) is 2. The Morgan fingerprint density at radius 1 is 0.846 bits per heavy atom. The second-order valence-corrected chi connectivity index (χ2v) is 7.65. The van der Waals surface area contributed by atoms with E-state index in [0.29, 0.717) is 13.1 Å². The van der Waals surface area contributed by atoms with Crippen LogP contribution in [0, 0.1) is 11.3 Å². The predicted octanol–water partition coefficient (Wildman–Crippen LogP) is 2.39. The Morgan fingerprint density at radius 2 is 1.31 bits per heavy atom. The van der Waals surface area contributed by atoms with Gasteiger partial charge in [0.15, 0.2) is 5.78 Å². The zero-order valence-electron chi connectivity index (χ0n) is 14.9. The highest BCUT2D eigenvalue weighted by atomic mass is 16.1. The van der Waals surface area contributed by atoms with E-state index in [9.17, 15) is 9.59 Å². The lowest BCUT2D eigenvalue weighted by Crippen LogP contribution is -2.65. The van der Waals surface area contributed by atoms with E-state index in [1.807, 2.05) is 36.4 Å². The molecule has 0 radical (unpaired) electrons. The molecule has 26 heavy (non-hydrogen) atoms. The lowest BCUT2D eigenvalue weighted by Gasteiger charge is -2.49. The Hall–Kier alpha value is -2.30. The SMILES string of the molecule is O=CC12CN(Cc3ccccc3)CC(CN(Cc3ccccc3)C1)C2=O. The number of ketones is 1. The average Bonchev–Trinajstić information content (AvgIpc) is 2.65. The monoisotopic (exact) mass is 348 g/mol. The zero-order valence-corrected chi connectivity index (χ0v) is 14.9. The van der Waals surface area contributed by atoms with E-state index >= 15 is 0 Å². The van der Waals surface area contributed by atoms with Crippen molar-refractivity contribution in [1.82, 2.24) is 9.80 Å². The number of hydrogen-bond donors (Lipinski definition) is 0. The number of nitrogens with zero attached hydrogens (tertiary/aromatic N) is 2. The molecule has 0 aromatic heterocycles. The molecule has 0 amide bonds. The van der Waals surface area contributed by atoms with Gasteiger partial charge in [-0.15, -0.1) is 0 Å². The van der Waals surface area contributed by atoms with Crippen molar-refractivity contribution in [2.45, 2.75) is 13.1 Å². The average molecular weight is 348 g/mol. The molecule has 2 saturated heterocycles. The van der Waals surface area contributed by atoms with Gasteiger partial charge < -0.3 is 4.79 Å². The van der Waals surface area contributed by atoms with Gasteiger partial charge >= 0.3 is 0 Å². The molecule has 2 aliphatic heterocycles. The summed E-state index contributed by atoms with van der Waals surface area (Å²) in [6, 6.07) is 20.5. The standard InChI is InChI=1S/C22H24N2O2/c25-17-22-15-23(11-18-7-3-1-4-8-18)13-20(21(22)26)14-24(16-22)12-19-9-5-2-6-10-19/h1-10,17,20H,11-16H2. The molecule has 134 valence electrons. The summed E-state index contributed by atoms with van der Waals surface area (Å²) >= 11 is 0. The molecular weight excluding hydrogens is 324 g/mol. The quantitative estimate of drug-likeness (QED) is 0.615. The molecule has 0 aliphatic carbocycles. The molecule has 4 nitrogen and oxygen atoms in total. The van der Waals surface area contributed by atoms with Crippen LogP contribution in [0.4, 0.5) is 0 Å². The van der Waals surface area contributed by atoms with Gasteiger partial charge in [-0.3, -0.25) is 14.6 Å². The maximum absolute atomic E-state index is 12.9. The fourth-order valence-corrected chi connectivity index (χ4v) is 4.44. The smallest absolute Gasteiger partial charge is 0.154 e. The molecule has 0 spiro atoms. The molecule has 2 aliphatic rings. The Kier molecular flexibility index (Phi) is 4.70. The third-order valence-corrected chi connectivity index (χ3v) is 5.55. The van der Waals surface area contributed by atoms with Crippen molar-refractivity contribution < 1.29 is 9.59 Å². The van der Waals surface area contributed by atoms with Gasteiger partial charge in [-0.1, -0.05) is 60.7 Å². The minimum atomic E-state index is -0.884. The largest absolute Gasteiger partial charge is 0.302 e. The van der Waals surface area contributed by atoms with Gasteiger partial charge in [0.05, 0.1) is 0 Å². The highest BCUT2D eigenvalue weighted by Crippen LogP contribution is 2.35. The van der Waals surface area contributed by atoms with Crippen molar-refractivity contribution in [3.63, 3.8) is 0 Å². The predicted molar refractivity (Wildman–Crippen MR) is 100 cm³/mol. The molecule has 0 N–H and O–H groups in total. The number of carbonyl (C=O) groups is 2. The molecule has 2 heterocycles. The molecule has 4 rings (SSSR count). The summed E-state index contributed by atoms with van der Waals surface area (Å²) in [5.41, 5.74) is 1.56. The van der Waals surface area contributed by atoms with E-state index in [4.69, 9.17) is 0 Å². The first-order valence-corrected chi connectivity index (χ1v) is 9.22. The van der Waals surface area contributed by atoms with Gasteiger partial charge in [0, 0.05) is 45.2 Å². The van der Waals surface area contributed by atoms with E-state index in [0.717, 1.165) is 32.5 Å². The van der Waals surface area contributed by atoms with Crippen molar-refractivity contribution in [1.29, 1.82) is 0 Å². The minimum absolute atomic E-state index is 0.0878. The van der Waals surface area contributed by atoms with Gasteiger partial charge in [0.2, 0.25) is 0 Å². The number of carbonyl (C=O) groups excluding carboxylic acids is 2. The number of Topliss-reactive ketones (excluding diaryl/α,β-unsaturated/α-hetero) is 1. The van der Waals surface area contributed by atoms with E-state index < -0.39 is 5.41 Å². The van der Waals surface area contributed by atoms with Gasteiger partial charge in [-0.05, 0) is 11.1 Å². The molecule has 4 heteroatoms. The topological polar surface area (TPSA) is 40.6 Å². The van der Waals surface area contributed by atoms with Crippen LogP contribution in [0.15, 0.2) is 60.7 Å². The molecule has 2 aromatic carbocycles. The van der Waals surface area contributed by atoms with Crippen LogP contribution in [0.5, 0.6) is 0 Å². The van der Waals surface area contributed by atoms with E-state index in [2.05, 4.69) is 34.1 Å². The van der Waals surface area contributed by atoms with Gasteiger partial charge in [-0.2, -0.15) is 0 Å². The molecule has 2 bridgehead atoms. The number of hydrogen-bond acceptors (Lipinski definition) is 4. The van der Waals surface area contributed by atoms with Crippen LogP contribution in [0.3, 0.4) is 0 Å². The Labute approximate surface area is 154 Å². The van der Waals surface area contributed by atoms with Crippen LogP contribution in [0.2, 0.25) is 0 Å². The second kappa shape index (κ2) is 7.14.